The van der Waals surface area contributed by atoms with E-state index in [0.29, 0.717) is 5.75 Å². The Labute approximate surface area is 79.7 Å². The van der Waals surface area contributed by atoms with E-state index in [1.54, 1.807) is 6.07 Å². The Kier molecular flexibility index (Phi) is 3.13. The van der Waals surface area contributed by atoms with E-state index in [1.165, 1.54) is 11.1 Å². The van der Waals surface area contributed by atoms with Crippen LogP contribution in [0.15, 0.2) is 35.4 Å². The van der Waals surface area contributed by atoms with Gasteiger partial charge in [0.1, 0.15) is 5.75 Å². The van der Waals surface area contributed by atoms with Gasteiger partial charge in [-0.15, -0.1) is 0 Å². The van der Waals surface area contributed by atoms with Gasteiger partial charge in [-0.2, -0.15) is 0 Å². The minimum Gasteiger partial charge on any atom is -0.508 e. The summed E-state index contributed by atoms with van der Waals surface area (Å²) in [6, 6.07) is 7.49. The lowest BCUT2D eigenvalue weighted by atomic mass is 10.0. The van der Waals surface area contributed by atoms with Gasteiger partial charge in [0.25, 0.3) is 0 Å². The molecule has 13 heavy (non-hydrogen) atoms. The van der Waals surface area contributed by atoms with Gasteiger partial charge >= 0.3 is 0 Å². The van der Waals surface area contributed by atoms with Crippen LogP contribution in [0.4, 0.5) is 0 Å². The minimum atomic E-state index is 0.392. The fourth-order valence-corrected chi connectivity index (χ4v) is 1.12. The topological polar surface area (TPSA) is 20.2 Å². The SMILES string of the molecule is CC(C)=C(C)Cc1ccccc1O. The van der Waals surface area contributed by atoms with Crippen LogP contribution in [0.25, 0.3) is 0 Å². The molecular formula is C12H16O. The van der Waals surface area contributed by atoms with Crippen molar-refractivity contribution in [3.63, 3.8) is 0 Å². The Morgan fingerprint density at radius 2 is 1.77 bits per heavy atom. The Morgan fingerprint density at radius 1 is 1.15 bits per heavy atom. The maximum Gasteiger partial charge on any atom is 0.119 e. The molecule has 0 atom stereocenters. The second kappa shape index (κ2) is 4.13. The number of phenolic OH excluding ortho intramolecular Hbond substituents is 1. The van der Waals surface area contributed by atoms with Crippen LogP contribution in [0.3, 0.4) is 0 Å². The van der Waals surface area contributed by atoms with Gasteiger partial charge in [-0.25, -0.2) is 0 Å². The molecule has 0 amide bonds. The Balaban J connectivity index is 2.87. The molecule has 0 aliphatic rings. The second-order valence-electron chi connectivity index (χ2n) is 3.59. The molecule has 0 saturated carbocycles. The molecule has 70 valence electrons. The number of aromatic hydroxyl groups is 1. The zero-order chi connectivity index (χ0) is 9.84. The molecule has 0 radical (unpaired) electrons. The van der Waals surface area contributed by atoms with E-state index in [1.807, 2.05) is 18.2 Å². The smallest absolute Gasteiger partial charge is 0.119 e. The van der Waals surface area contributed by atoms with Crippen molar-refractivity contribution in [2.75, 3.05) is 0 Å². The third-order valence-corrected chi connectivity index (χ3v) is 2.30. The standard InChI is InChI=1S/C12H16O/c1-9(2)10(3)8-11-6-4-5-7-12(11)13/h4-7,13H,8H2,1-3H3. The number of allylic oxidation sites excluding steroid dienone is 2. The van der Waals surface area contributed by atoms with Crippen molar-refractivity contribution >= 4 is 0 Å². The zero-order valence-electron chi connectivity index (χ0n) is 8.46. The van der Waals surface area contributed by atoms with E-state index in [2.05, 4.69) is 20.8 Å². The monoisotopic (exact) mass is 176 g/mol. The number of phenols is 1. The van der Waals surface area contributed by atoms with E-state index >= 15 is 0 Å². The molecule has 1 nitrogen and oxygen atoms in total. The van der Waals surface area contributed by atoms with Crippen molar-refractivity contribution in [3.05, 3.63) is 41.0 Å². The van der Waals surface area contributed by atoms with Gasteiger partial charge < -0.3 is 5.11 Å². The van der Waals surface area contributed by atoms with E-state index < -0.39 is 0 Å². The van der Waals surface area contributed by atoms with E-state index in [0.717, 1.165) is 12.0 Å². The first kappa shape index (κ1) is 9.85. The van der Waals surface area contributed by atoms with Crippen LogP contribution in [-0.4, -0.2) is 5.11 Å². The first-order valence-corrected chi connectivity index (χ1v) is 4.51. The van der Waals surface area contributed by atoms with E-state index in [-0.39, 0.29) is 0 Å². The highest BCUT2D eigenvalue weighted by Crippen LogP contribution is 2.20. The number of hydrogen-bond donors (Lipinski definition) is 1. The normalized spacial score (nSPS) is 9.77. The molecule has 1 rings (SSSR count). The Morgan fingerprint density at radius 3 is 2.31 bits per heavy atom. The van der Waals surface area contributed by atoms with Crippen LogP contribution in [0.5, 0.6) is 5.75 Å². The van der Waals surface area contributed by atoms with Crippen LogP contribution in [-0.2, 0) is 6.42 Å². The van der Waals surface area contributed by atoms with E-state index in [4.69, 9.17) is 0 Å². The predicted molar refractivity (Wildman–Crippen MR) is 55.9 cm³/mol. The van der Waals surface area contributed by atoms with Gasteiger partial charge in [-0.1, -0.05) is 29.3 Å². The molecule has 0 fully saturated rings. The summed E-state index contributed by atoms with van der Waals surface area (Å²) in [7, 11) is 0. The van der Waals surface area contributed by atoms with Crippen LogP contribution < -0.4 is 0 Å². The first-order valence-electron chi connectivity index (χ1n) is 4.51. The van der Waals surface area contributed by atoms with Crippen molar-refractivity contribution in [2.45, 2.75) is 27.2 Å². The molecule has 1 N–H and O–H groups in total. The van der Waals surface area contributed by atoms with Crippen LogP contribution in [0.2, 0.25) is 0 Å². The fourth-order valence-electron chi connectivity index (χ4n) is 1.12. The van der Waals surface area contributed by atoms with Gasteiger partial charge in [0, 0.05) is 0 Å². The molecule has 0 bridgehead atoms. The van der Waals surface area contributed by atoms with Crippen LogP contribution in [0, 0.1) is 0 Å². The second-order valence-corrected chi connectivity index (χ2v) is 3.59. The summed E-state index contributed by atoms with van der Waals surface area (Å²) in [6.45, 7) is 6.28. The highest BCUT2D eigenvalue weighted by Gasteiger charge is 2.00. The third kappa shape index (κ3) is 2.62. The minimum absolute atomic E-state index is 0.392. The predicted octanol–water partition coefficient (Wildman–Crippen LogP) is 3.29. The maximum atomic E-state index is 9.52. The van der Waals surface area contributed by atoms with Crippen molar-refractivity contribution < 1.29 is 5.11 Å². The summed E-state index contributed by atoms with van der Waals surface area (Å²) in [6.07, 6.45) is 0.842. The van der Waals surface area contributed by atoms with Gasteiger partial charge in [0.15, 0.2) is 0 Å². The highest BCUT2D eigenvalue weighted by atomic mass is 16.3. The largest absolute Gasteiger partial charge is 0.508 e. The average molecular weight is 176 g/mol. The Bertz CT molecular complexity index is 320. The number of para-hydroxylation sites is 1. The highest BCUT2D eigenvalue weighted by molar-refractivity contribution is 5.35. The van der Waals surface area contributed by atoms with Gasteiger partial charge in [-0.05, 0) is 38.8 Å². The lowest BCUT2D eigenvalue weighted by Crippen LogP contribution is -1.89. The lowest BCUT2D eigenvalue weighted by Gasteiger charge is -2.05. The number of rotatable bonds is 2. The average Bonchev–Trinajstić information content (AvgIpc) is 2.08. The van der Waals surface area contributed by atoms with Crippen LogP contribution in [0.1, 0.15) is 26.3 Å². The number of hydrogen-bond acceptors (Lipinski definition) is 1. The molecule has 1 aromatic carbocycles. The Hall–Kier alpha value is -1.24. The van der Waals surface area contributed by atoms with Gasteiger partial charge in [0.05, 0.1) is 0 Å². The van der Waals surface area contributed by atoms with Crippen molar-refractivity contribution in [2.24, 2.45) is 0 Å². The molecule has 0 aliphatic heterocycles. The molecule has 1 heteroatoms. The van der Waals surface area contributed by atoms with E-state index in [9.17, 15) is 5.11 Å². The molecular weight excluding hydrogens is 160 g/mol. The quantitative estimate of drug-likeness (QED) is 0.685. The molecule has 0 aliphatic carbocycles. The first-order chi connectivity index (χ1) is 6.11. The van der Waals surface area contributed by atoms with Crippen molar-refractivity contribution in [1.29, 1.82) is 0 Å². The summed E-state index contributed by atoms with van der Waals surface area (Å²) in [4.78, 5) is 0. The van der Waals surface area contributed by atoms with Gasteiger partial charge in [-0.3, -0.25) is 0 Å². The molecule has 1 aromatic rings. The van der Waals surface area contributed by atoms with Crippen molar-refractivity contribution in [1.82, 2.24) is 0 Å². The molecule has 0 saturated heterocycles. The number of benzene rings is 1. The molecule has 0 heterocycles. The lowest BCUT2D eigenvalue weighted by molar-refractivity contribution is 0.469. The van der Waals surface area contributed by atoms with Gasteiger partial charge in [0.2, 0.25) is 0 Å². The molecule has 0 spiro atoms. The summed E-state index contributed by atoms with van der Waals surface area (Å²) < 4.78 is 0. The summed E-state index contributed by atoms with van der Waals surface area (Å²) in [5.74, 6) is 0.392. The molecule has 0 aromatic heterocycles. The summed E-state index contributed by atoms with van der Waals surface area (Å²) in [5, 5.41) is 9.52. The zero-order valence-corrected chi connectivity index (χ0v) is 8.46. The third-order valence-electron chi connectivity index (χ3n) is 2.30. The van der Waals surface area contributed by atoms with Crippen molar-refractivity contribution in [3.8, 4) is 5.75 Å². The van der Waals surface area contributed by atoms with Crippen LogP contribution >= 0.6 is 0 Å². The summed E-state index contributed by atoms with van der Waals surface area (Å²) >= 11 is 0. The maximum absolute atomic E-state index is 9.52. The molecule has 0 unspecified atom stereocenters. The summed E-state index contributed by atoms with van der Waals surface area (Å²) in [5.41, 5.74) is 3.64. The fraction of sp³-hybridized carbons (Fsp3) is 0.333.